The normalized spacial score (nSPS) is 19.6. The molecule has 1 fully saturated rings. The summed E-state index contributed by atoms with van der Waals surface area (Å²) >= 11 is 1.07. The Balaban J connectivity index is 1.71. The second kappa shape index (κ2) is 7.56. The van der Waals surface area contributed by atoms with E-state index in [0.29, 0.717) is 22.1 Å². The molecule has 1 saturated heterocycles. The van der Waals surface area contributed by atoms with E-state index >= 15 is 0 Å². The second-order valence-electron chi connectivity index (χ2n) is 6.48. The number of aryl methyl sites for hydroxylation is 1. The van der Waals surface area contributed by atoms with Crippen molar-refractivity contribution >= 4 is 51.7 Å². The largest absolute Gasteiger partial charge is 0.548 e. The maximum absolute atomic E-state index is 12.9. The number of nitrogens with one attached hydrogen (secondary N) is 1. The van der Waals surface area contributed by atoms with Crippen molar-refractivity contribution in [1.82, 2.24) is 5.32 Å². The first kappa shape index (κ1) is 18.9. The van der Waals surface area contributed by atoms with Crippen LogP contribution in [0.4, 0.5) is 11.4 Å². The highest BCUT2D eigenvalue weighted by Gasteiger charge is 2.39. The lowest BCUT2D eigenvalue weighted by atomic mass is 10.1. The van der Waals surface area contributed by atoms with Crippen LogP contribution < -0.4 is 15.3 Å². The van der Waals surface area contributed by atoms with Gasteiger partial charge in [0.1, 0.15) is 0 Å². The Morgan fingerprint density at radius 2 is 1.86 bits per heavy atom. The van der Waals surface area contributed by atoms with Crippen LogP contribution in [0.3, 0.4) is 0 Å². The molecule has 1 N–H and O–H groups in total. The van der Waals surface area contributed by atoms with E-state index in [1.165, 1.54) is 5.56 Å². The maximum atomic E-state index is 12.9. The van der Waals surface area contributed by atoms with Crippen LogP contribution >= 0.6 is 11.8 Å². The molecule has 0 spiro atoms. The van der Waals surface area contributed by atoms with Crippen LogP contribution in [0.5, 0.6) is 0 Å². The molecular weight excluding hydrogens is 390 g/mol. The first-order valence-electron chi connectivity index (χ1n) is 9.00. The summed E-state index contributed by atoms with van der Waals surface area (Å²) < 4.78 is 0. The molecule has 0 aromatic heterocycles. The third kappa shape index (κ3) is 3.54. The molecule has 0 atom stereocenters. The van der Waals surface area contributed by atoms with Crippen LogP contribution in [0.1, 0.15) is 18.1 Å². The quantitative estimate of drug-likeness (QED) is 0.778. The molecule has 2 aromatic carbocycles. The van der Waals surface area contributed by atoms with E-state index in [9.17, 15) is 19.5 Å². The lowest BCUT2D eigenvalue weighted by molar-refractivity contribution is -0.303. The van der Waals surface area contributed by atoms with Gasteiger partial charge in [-0.3, -0.25) is 9.59 Å². The number of amides is 2. The van der Waals surface area contributed by atoms with Gasteiger partial charge in [0.05, 0.1) is 34.4 Å². The number of carboxylic acids is 1. The van der Waals surface area contributed by atoms with Crippen LogP contribution in [0.15, 0.2) is 58.4 Å². The standard InChI is InChI=1S/C21H17N3O4S/c1-2-12-7-9-13(10-8-12)22-21-23-19(27)18(29-21)17-14-5-3-4-6-15(14)24(20(17)28)11-16(25)26/h3-10H,2,11H2,1H3,(H,25,26)(H,22,23,27)/p-1/b18-17-. The predicted molar refractivity (Wildman–Crippen MR) is 109 cm³/mol. The smallest absolute Gasteiger partial charge is 0.264 e. The van der Waals surface area contributed by atoms with Crippen molar-refractivity contribution in [3.63, 3.8) is 0 Å². The SMILES string of the molecule is CCc1ccc(N=C2NC(=O)/C(=C3/C(=O)N(CC(=O)[O-])c4ccccc43)S2)cc1. The first-order valence-corrected chi connectivity index (χ1v) is 9.81. The zero-order valence-corrected chi connectivity index (χ0v) is 16.3. The number of anilines is 1. The summed E-state index contributed by atoms with van der Waals surface area (Å²) in [5, 5.41) is 14.1. The van der Waals surface area contributed by atoms with Crippen LogP contribution in [0.25, 0.3) is 5.57 Å². The van der Waals surface area contributed by atoms with Crippen molar-refractivity contribution in [3.05, 3.63) is 64.6 Å². The zero-order valence-electron chi connectivity index (χ0n) is 15.5. The monoisotopic (exact) mass is 406 g/mol. The summed E-state index contributed by atoms with van der Waals surface area (Å²) in [6.07, 6.45) is 0.919. The number of amidine groups is 1. The fourth-order valence-corrected chi connectivity index (χ4v) is 4.18. The summed E-state index contributed by atoms with van der Waals surface area (Å²) in [6.45, 7) is 1.48. The second-order valence-corrected chi connectivity index (χ2v) is 7.48. The number of rotatable bonds is 4. The summed E-state index contributed by atoms with van der Waals surface area (Å²) in [5.41, 5.74) is 3.01. The van der Waals surface area contributed by atoms with Gasteiger partial charge in [0.25, 0.3) is 11.8 Å². The first-order chi connectivity index (χ1) is 14.0. The maximum Gasteiger partial charge on any atom is 0.264 e. The molecule has 2 amide bonds. The average Bonchev–Trinajstić information content (AvgIpc) is 3.19. The van der Waals surface area contributed by atoms with Gasteiger partial charge in [-0.05, 0) is 41.9 Å². The summed E-state index contributed by atoms with van der Waals surface area (Å²) in [7, 11) is 0. The van der Waals surface area contributed by atoms with Crippen molar-refractivity contribution in [2.75, 3.05) is 11.4 Å². The number of carbonyl (C=O) groups is 3. The molecule has 0 radical (unpaired) electrons. The molecule has 4 rings (SSSR count). The molecule has 2 aliphatic rings. The zero-order chi connectivity index (χ0) is 20.5. The van der Waals surface area contributed by atoms with Crippen molar-refractivity contribution < 1.29 is 19.5 Å². The number of aliphatic imine (C=N–C) groups is 1. The van der Waals surface area contributed by atoms with Crippen LogP contribution in [-0.4, -0.2) is 29.5 Å². The average molecular weight is 406 g/mol. The minimum Gasteiger partial charge on any atom is -0.548 e. The van der Waals surface area contributed by atoms with Gasteiger partial charge in [-0.1, -0.05) is 37.3 Å². The van der Waals surface area contributed by atoms with Gasteiger partial charge in [-0.2, -0.15) is 0 Å². The Bertz CT molecular complexity index is 1090. The lowest BCUT2D eigenvalue weighted by Gasteiger charge is -2.17. The van der Waals surface area contributed by atoms with Gasteiger partial charge < -0.3 is 20.1 Å². The molecule has 8 heteroatoms. The Morgan fingerprint density at radius 1 is 1.14 bits per heavy atom. The van der Waals surface area contributed by atoms with Crippen LogP contribution in [0.2, 0.25) is 0 Å². The molecule has 2 aromatic rings. The van der Waals surface area contributed by atoms with Gasteiger partial charge in [0.15, 0.2) is 5.17 Å². The Labute approximate surface area is 171 Å². The van der Waals surface area contributed by atoms with Gasteiger partial charge in [-0.15, -0.1) is 0 Å². The number of para-hydroxylation sites is 1. The highest BCUT2D eigenvalue weighted by atomic mass is 32.2. The number of thioether (sulfide) groups is 1. The predicted octanol–water partition coefficient (Wildman–Crippen LogP) is 1.61. The molecular formula is C21H16N3O4S-. The third-order valence-corrected chi connectivity index (χ3v) is 5.62. The highest BCUT2D eigenvalue weighted by Crippen LogP contribution is 2.42. The van der Waals surface area contributed by atoms with Gasteiger partial charge in [0.2, 0.25) is 0 Å². The fraction of sp³-hybridized carbons (Fsp3) is 0.143. The number of hydrogen-bond donors (Lipinski definition) is 1. The van der Waals surface area contributed by atoms with Gasteiger partial charge in [-0.25, -0.2) is 4.99 Å². The molecule has 7 nitrogen and oxygen atoms in total. The van der Waals surface area contributed by atoms with E-state index in [1.807, 2.05) is 24.3 Å². The van der Waals surface area contributed by atoms with Crippen molar-refractivity contribution in [2.24, 2.45) is 4.99 Å². The van der Waals surface area contributed by atoms with Crippen molar-refractivity contribution in [2.45, 2.75) is 13.3 Å². The Morgan fingerprint density at radius 3 is 2.55 bits per heavy atom. The number of aliphatic carboxylic acids is 1. The Hall–Kier alpha value is -3.39. The molecule has 2 heterocycles. The third-order valence-electron chi connectivity index (χ3n) is 4.64. The van der Waals surface area contributed by atoms with Crippen molar-refractivity contribution in [3.8, 4) is 0 Å². The number of benzene rings is 2. The summed E-state index contributed by atoms with van der Waals surface area (Å²) in [6, 6.07) is 14.4. The Kier molecular flexibility index (Phi) is 4.94. The van der Waals surface area contributed by atoms with Gasteiger partial charge in [0, 0.05) is 5.56 Å². The van der Waals surface area contributed by atoms with E-state index in [2.05, 4.69) is 17.2 Å². The van der Waals surface area contributed by atoms with E-state index < -0.39 is 24.3 Å². The number of fused-ring (bicyclic) bond motifs is 1. The van der Waals surface area contributed by atoms with Gasteiger partial charge >= 0.3 is 0 Å². The van der Waals surface area contributed by atoms with E-state index in [-0.39, 0.29) is 10.5 Å². The summed E-state index contributed by atoms with van der Waals surface area (Å²) in [4.78, 5) is 42.3. The van der Waals surface area contributed by atoms with E-state index in [1.54, 1.807) is 24.3 Å². The van der Waals surface area contributed by atoms with Crippen LogP contribution in [-0.2, 0) is 20.8 Å². The molecule has 146 valence electrons. The minimum atomic E-state index is -1.37. The van der Waals surface area contributed by atoms with Crippen LogP contribution in [0, 0.1) is 0 Å². The molecule has 0 unspecified atom stereocenters. The molecule has 2 aliphatic heterocycles. The number of carboxylic acid groups (broad SMARTS) is 1. The molecule has 29 heavy (non-hydrogen) atoms. The molecule has 0 saturated carbocycles. The fourth-order valence-electron chi connectivity index (χ4n) is 3.25. The van der Waals surface area contributed by atoms with Crippen molar-refractivity contribution in [1.29, 1.82) is 0 Å². The van der Waals surface area contributed by atoms with E-state index in [4.69, 9.17) is 0 Å². The minimum absolute atomic E-state index is 0.177. The topological polar surface area (TPSA) is 102 Å². The number of carbonyl (C=O) groups excluding carboxylic acids is 3. The highest BCUT2D eigenvalue weighted by molar-refractivity contribution is 8.18. The summed E-state index contributed by atoms with van der Waals surface area (Å²) in [5.74, 6) is -2.35. The number of hydrogen-bond acceptors (Lipinski definition) is 6. The molecule has 0 aliphatic carbocycles. The van der Waals surface area contributed by atoms with E-state index in [0.717, 1.165) is 23.1 Å². The molecule has 0 bridgehead atoms. The number of nitrogens with zero attached hydrogens (tertiary/aromatic N) is 2. The lowest BCUT2D eigenvalue weighted by Crippen LogP contribution is -2.39.